The Morgan fingerprint density at radius 2 is 1.96 bits per heavy atom. The van der Waals surface area contributed by atoms with E-state index in [4.69, 9.17) is 4.74 Å². The molecule has 1 fully saturated rings. The highest BCUT2D eigenvalue weighted by Gasteiger charge is 2.29. The smallest absolute Gasteiger partial charge is 0.410 e. The summed E-state index contributed by atoms with van der Waals surface area (Å²) < 4.78 is 5.39. The van der Waals surface area contributed by atoms with Gasteiger partial charge in [-0.25, -0.2) is 4.79 Å². The number of nitrogens with zero attached hydrogens (tertiary/aromatic N) is 1. The summed E-state index contributed by atoms with van der Waals surface area (Å²) in [5.74, 6) is -0.0980. The number of carbonyl (C=O) groups is 2. The molecule has 0 aromatic heterocycles. The number of anilines is 2. The van der Waals surface area contributed by atoms with Gasteiger partial charge in [-0.1, -0.05) is 6.07 Å². The van der Waals surface area contributed by atoms with E-state index < -0.39 is 5.60 Å². The van der Waals surface area contributed by atoms with Crippen molar-refractivity contribution in [3.05, 3.63) is 24.3 Å². The fourth-order valence-electron chi connectivity index (χ4n) is 2.50. The molecule has 0 bridgehead atoms. The van der Waals surface area contributed by atoms with E-state index in [9.17, 15) is 9.59 Å². The molecule has 1 aromatic rings. The standard InChI is InChI=1S/C17H25N3O3/c1-12(21)18-13-6-5-7-14(10-13)19-15-8-9-20(11-15)16(22)23-17(2,3)4/h5-7,10,15,19H,8-9,11H2,1-4H3,(H,18,21). The van der Waals surface area contributed by atoms with Crippen LogP contribution in [0.25, 0.3) is 0 Å². The molecule has 2 rings (SSSR count). The number of hydrogen-bond donors (Lipinski definition) is 2. The van der Waals surface area contributed by atoms with Crippen molar-refractivity contribution < 1.29 is 14.3 Å². The van der Waals surface area contributed by atoms with Crippen LogP contribution in [-0.2, 0) is 9.53 Å². The number of nitrogens with one attached hydrogen (secondary N) is 2. The van der Waals surface area contributed by atoms with Crippen LogP contribution in [0.4, 0.5) is 16.2 Å². The molecule has 23 heavy (non-hydrogen) atoms. The first kappa shape index (κ1) is 17.1. The van der Waals surface area contributed by atoms with Crippen LogP contribution in [0, 0.1) is 0 Å². The third-order valence-electron chi connectivity index (χ3n) is 3.39. The molecule has 1 aliphatic heterocycles. The van der Waals surface area contributed by atoms with E-state index in [1.807, 2.05) is 45.0 Å². The van der Waals surface area contributed by atoms with Gasteiger partial charge in [0.1, 0.15) is 5.60 Å². The molecule has 2 amide bonds. The highest BCUT2D eigenvalue weighted by atomic mass is 16.6. The normalized spacial score (nSPS) is 17.7. The Kier molecular flexibility index (Phi) is 5.13. The number of carbonyl (C=O) groups excluding carboxylic acids is 2. The van der Waals surface area contributed by atoms with E-state index in [-0.39, 0.29) is 18.0 Å². The predicted molar refractivity (Wildman–Crippen MR) is 90.6 cm³/mol. The number of likely N-dealkylation sites (tertiary alicyclic amines) is 1. The fraction of sp³-hybridized carbons (Fsp3) is 0.529. The van der Waals surface area contributed by atoms with E-state index in [1.165, 1.54) is 6.92 Å². The zero-order valence-corrected chi connectivity index (χ0v) is 14.2. The molecule has 2 N–H and O–H groups in total. The van der Waals surface area contributed by atoms with Crippen molar-refractivity contribution in [3.8, 4) is 0 Å². The van der Waals surface area contributed by atoms with E-state index >= 15 is 0 Å². The van der Waals surface area contributed by atoms with Gasteiger partial charge in [0.2, 0.25) is 5.91 Å². The summed E-state index contributed by atoms with van der Waals surface area (Å²) in [5, 5.41) is 6.16. The maximum atomic E-state index is 12.1. The molecule has 1 unspecified atom stereocenters. The molecule has 0 spiro atoms. The van der Waals surface area contributed by atoms with E-state index in [0.29, 0.717) is 13.1 Å². The predicted octanol–water partition coefficient (Wildman–Crippen LogP) is 3.07. The van der Waals surface area contributed by atoms with Crippen molar-refractivity contribution in [1.29, 1.82) is 0 Å². The summed E-state index contributed by atoms with van der Waals surface area (Å²) in [5.41, 5.74) is 1.20. The van der Waals surface area contributed by atoms with Crippen molar-refractivity contribution in [2.45, 2.75) is 45.8 Å². The van der Waals surface area contributed by atoms with Crippen LogP contribution in [0.15, 0.2) is 24.3 Å². The minimum atomic E-state index is -0.477. The van der Waals surface area contributed by atoms with Crippen molar-refractivity contribution >= 4 is 23.4 Å². The zero-order valence-electron chi connectivity index (χ0n) is 14.2. The Bertz CT molecular complexity index is 581. The van der Waals surface area contributed by atoms with Crippen LogP contribution in [0.5, 0.6) is 0 Å². The topological polar surface area (TPSA) is 70.7 Å². The number of hydrogen-bond acceptors (Lipinski definition) is 4. The summed E-state index contributed by atoms with van der Waals surface area (Å²) in [6, 6.07) is 7.73. The molecule has 0 saturated carbocycles. The zero-order chi connectivity index (χ0) is 17.0. The molecule has 6 nitrogen and oxygen atoms in total. The molecule has 1 aliphatic rings. The van der Waals surface area contributed by atoms with Crippen LogP contribution in [0.3, 0.4) is 0 Å². The minimum Gasteiger partial charge on any atom is -0.444 e. The van der Waals surface area contributed by atoms with Gasteiger partial charge in [-0.15, -0.1) is 0 Å². The first-order valence-electron chi connectivity index (χ1n) is 7.85. The van der Waals surface area contributed by atoms with Crippen LogP contribution in [0.1, 0.15) is 34.1 Å². The number of rotatable bonds is 3. The molecule has 1 heterocycles. The lowest BCUT2D eigenvalue weighted by atomic mass is 10.2. The van der Waals surface area contributed by atoms with Gasteiger partial charge in [0.25, 0.3) is 0 Å². The lowest BCUT2D eigenvalue weighted by Gasteiger charge is -2.24. The number of ether oxygens (including phenoxy) is 1. The Morgan fingerprint density at radius 1 is 1.26 bits per heavy atom. The van der Waals surface area contributed by atoms with E-state index in [0.717, 1.165) is 17.8 Å². The minimum absolute atomic E-state index is 0.0980. The van der Waals surface area contributed by atoms with Crippen LogP contribution >= 0.6 is 0 Å². The lowest BCUT2D eigenvalue weighted by Crippen LogP contribution is -2.36. The monoisotopic (exact) mass is 319 g/mol. The summed E-state index contributed by atoms with van der Waals surface area (Å²) in [7, 11) is 0. The molecule has 1 saturated heterocycles. The maximum Gasteiger partial charge on any atom is 0.410 e. The SMILES string of the molecule is CC(=O)Nc1cccc(NC2CCN(C(=O)OC(C)(C)C)C2)c1. The van der Waals surface area contributed by atoms with Crippen molar-refractivity contribution in [2.75, 3.05) is 23.7 Å². The summed E-state index contributed by atoms with van der Waals surface area (Å²) >= 11 is 0. The van der Waals surface area contributed by atoms with Gasteiger partial charge in [0.05, 0.1) is 0 Å². The maximum absolute atomic E-state index is 12.1. The summed E-state index contributed by atoms with van der Waals surface area (Å²) in [6.07, 6.45) is 0.595. The second kappa shape index (κ2) is 6.89. The molecule has 1 aromatic carbocycles. The largest absolute Gasteiger partial charge is 0.444 e. The number of amides is 2. The third kappa shape index (κ3) is 5.47. The first-order valence-corrected chi connectivity index (χ1v) is 7.85. The fourth-order valence-corrected chi connectivity index (χ4v) is 2.50. The Labute approximate surface area is 137 Å². The second-order valence-electron chi connectivity index (χ2n) is 6.82. The molecule has 0 radical (unpaired) electrons. The molecule has 1 atom stereocenters. The van der Waals surface area contributed by atoms with Crippen molar-refractivity contribution in [1.82, 2.24) is 4.90 Å². The van der Waals surface area contributed by atoms with E-state index in [1.54, 1.807) is 4.90 Å². The third-order valence-corrected chi connectivity index (χ3v) is 3.39. The van der Waals surface area contributed by atoms with Gasteiger partial charge in [0.15, 0.2) is 0 Å². The molecule has 0 aliphatic carbocycles. The Morgan fingerprint density at radius 3 is 2.61 bits per heavy atom. The van der Waals surface area contributed by atoms with Gasteiger partial charge in [-0.3, -0.25) is 4.79 Å². The highest BCUT2D eigenvalue weighted by Crippen LogP contribution is 2.21. The van der Waals surface area contributed by atoms with Crippen molar-refractivity contribution in [3.63, 3.8) is 0 Å². The molecule has 6 heteroatoms. The van der Waals surface area contributed by atoms with Crippen LogP contribution < -0.4 is 10.6 Å². The highest BCUT2D eigenvalue weighted by molar-refractivity contribution is 5.89. The second-order valence-corrected chi connectivity index (χ2v) is 6.82. The summed E-state index contributed by atoms with van der Waals surface area (Å²) in [4.78, 5) is 24.9. The summed E-state index contributed by atoms with van der Waals surface area (Å²) in [6.45, 7) is 8.37. The van der Waals surface area contributed by atoms with Crippen molar-refractivity contribution in [2.24, 2.45) is 0 Å². The van der Waals surface area contributed by atoms with Gasteiger partial charge >= 0.3 is 6.09 Å². The van der Waals surface area contributed by atoms with Gasteiger partial charge < -0.3 is 20.3 Å². The van der Waals surface area contributed by atoms with E-state index in [2.05, 4.69) is 10.6 Å². The van der Waals surface area contributed by atoms with Crippen LogP contribution in [0.2, 0.25) is 0 Å². The Balaban J connectivity index is 1.90. The van der Waals surface area contributed by atoms with Gasteiger partial charge in [-0.2, -0.15) is 0 Å². The van der Waals surface area contributed by atoms with Gasteiger partial charge in [-0.05, 0) is 45.4 Å². The molecule has 126 valence electrons. The molecular formula is C17H25N3O3. The lowest BCUT2D eigenvalue weighted by molar-refractivity contribution is -0.114. The number of benzene rings is 1. The first-order chi connectivity index (χ1) is 10.7. The average Bonchev–Trinajstić information content (AvgIpc) is 2.85. The van der Waals surface area contributed by atoms with Gasteiger partial charge in [0, 0.05) is 37.4 Å². The average molecular weight is 319 g/mol. The Hall–Kier alpha value is -2.24. The van der Waals surface area contributed by atoms with Crippen LogP contribution in [-0.4, -0.2) is 41.6 Å². The molecular weight excluding hydrogens is 294 g/mol. The quantitative estimate of drug-likeness (QED) is 0.898.